The number of amides is 2. The van der Waals surface area contributed by atoms with Crippen LogP contribution in [0.15, 0.2) is 24.3 Å². The van der Waals surface area contributed by atoms with Gasteiger partial charge in [-0.25, -0.2) is 4.79 Å². The smallest absolute Gasteiger partial charge is 0.319 e. The summed E-state index contributed by atoms with van der Waals surface area (Å²) in [6.07, 6.45) is 4.75. The average molecular weight is 322 g/mol. The third kappa shape index (κ3) is 4.94. The van der Waals surface area contributed by atoms with Crippen molar-refractivity contribution >= 4 is 29.4 Å². The molecule has 2 amide bonds. The van der Waals surface area contributed by atoms with Crippen LogP contribution in [0.5, 0.6) is 0 Å². The number of benzene rings is 1. The van der Waals surface area contributed by atoms with Gasteiger partial charge in [-0.05, 0) is 49.6 Å². The van der Waals surface area contributed by atoms with Crippen molar-refractivity contribution in [3.05, 3.63) is 29.8 Å². The van der Waals surface area contributed by atoms with E-state index in [9.17, 15) is 9.59 Å². The second-order valence-corrected chi connectivity index (χ2v) is 6.48. The summed E-state index contributed by atoms with van der Waals surface area (Å²) in [6.45, 7) is 0. The first-order chi connectivity index (χ1) is 10.6. The monoisotopic (exact) mass is 322 g/mol. The number of thioether (sulfide) groups is 1. The van der Waals surface area contributed by atoms with E-state index in [1.54, 1.807) is 11.8 Å². The number of anilines is 1. The maximum Gasteiger partial charge on any atom is 0.319 e. The van der Waals surface area contributed by atoms with Gasteiger partial charge in [0.25, 0.3) is 0 Å². The number of carbonyl (C=O) groups excluding carboxylic acids is 1. The van der Waals surface area contributed by atoms with Gasteiger partial charge in [0.1, 0.15) is 0 Å². The van der Waals surface area contributed by atoms with Crippen LogP contribution in [-0.4, -0.2) is 29.4 Å². The number of hydrogen-bond donors (Lipinski definition) is 3. The van der Waals surface area contributed by atoms with Gasteiger partial charge < -0.3 is 15.7 Å². The molecular formula is C16H22N2O3S. The molecule has 0 unspecified atom stereocenters. The van der Waals surface area contributed by atoms with Crippen molar-refractivity contribution in [2.45, 2.75) is 37.5 Å². The van der Waals surface area contributed by atoms with E-state index < -0.39 is 5.97 Å². The number of nitrogens with one attached hydrogen (secondary N) is 2. The van der Waals surface area contributed by atoms with Gasteiger partial charge in [-0.1, -0.05) is 12.1 Å². The van der Waals surface area contributed by atoms with Crippen LogP contribution in [0, 0.1) is 5.92 Å². The van der Waals surface area contributed by atoms with Crippen molar-refractivity contribution in [1.29, 1.82) is 0 Å². The number of hydrogen-bond acceptors (Lipinski definition) is 3. The van der Waals surface area contributed by atoms with E-state index in [4.69, 9.17) is 5.11 Å². The molecule has 0 aliphatic heterocycles. The van der Waals surface area contributed by atoms with E-state index in [0.29, 0.717) is 12.8 Å². The molecule has 0 radical (unpaired) electrons. The molecule has 1 aliphatic carbocycles. The van der Waals surface area contributed by atoms with Gasteiger partial charge in [0.15, 0.2) is 0 Å². The number of urea groups is 1. The zero-order chi connectivity index (χ0) is 15.9. The SMILES string of the molecule is CSCc1ccc(NC(=O)NC2CCC(C(=O)O)CC2)cc1. The lowest BCUT2D eigenvalue weighted by Gasteiger charge is -2.26. The van der Waals surface area contributed by atoms with Crippen LogP contribution in [-0.2, 0) is 10.5 Å². The minimum absolute atomic E-state index is 0.0614. The number of carboxylic acids is 1. The Labute approximate surface area is 134 Å². The molecule has 0 spiro atoms. The van der Waals surface area contributed by atoms with E-state index >= 15 is 0 Å². The Kier molecular flexibility index (Phi) is 6.12. The molecule has 0 atom stereocenters. The first-order valence-electron chi connectivity index (χ1n) is 7.46. The Hall–Kier alpha value is -1.69. The molecule has 1 aromatic rings. The third-order valence-electron chi connectivity index (χ3n) is 3.93. The van der Waals surface area contributed by atoms with Gasteiger partial charge in [0.2, 0.25) is 0 Å². The van der Waals surface area contributed by atoms with Gasteiger partial charge in [0.05, 0.1) is 5.92 Å². The van der Waals surface area contributed by atoms with Crippen LogP contribution in [0.3, 0.4) is 0 Å². The van der Waals surface area contributed by atoms with Crippen molar-refractivity contribution in [3.8, 4) is 0 Å². The van der Waals surface area contributed by atoms with Gasteiger partial charge in [0, 0.05) is 17.5 Å². The van der Waals surface area contributed by atoms with Crippen LogP contribution in [0.1, 0.15) is 31.2 Å². The fraction of sp³-hybridized carbons (Fsp3) is 0.500. The first-order valence-corrected chi connectivity index (χ1v) is 8.86. The standard InChI is InChI=1S/C16H22N2O3S/c1-22-10-11-2-6-13(7-3-11)17-16(21)18-14-8-4-12(5-9-14)15(19)20/h2-3,6-7,12,14H,4-5,8-10H2,1H3,(H,19,20)(H2,17,18,21). The molecule has 0 heterocycles. The zero-order valence-corrected chi connectivity index (χ0v) is 13.5. The maximum absolute atomic E-state index is 12.0. The van der Waals surface area contributed by atoms with Gasteiger partial charge in [-0.15, -0.1) is 0 Å². The number of rotatable bonds is 5. The fourth-order valence-corrected chi connectivity index (χ4v) is 3.21. The van der Waals surface area contributed by atoms with Crippen LogP contribution in [0.2, 0.25) is 0 Å². The number of carboxylic acid groups (broad SMARTS) is 1. The van der Waals surface area contributed by atoms with Crippen LogP contribution >= 0.6 is 11.8 Å². The Bertz CT molecular complexity index is 511. The highest BCUT2D eigenvalue weighted by Gasteiger charge is 2.26. The summed E-state index contributed by atoms with van der Waals surface area (Å²) in [5.74, 6) is -0.0300. The molecule has 1 aromatic carbocycles. The average Bonchev–Trinajstić information content (AvgIpc) is 2.50. The van der Waals surface area contributed by atoms with Gasteiger partial charge >= 0.3 is 12.0 Å². The Morgan fingerprint density at radius 3 is 2.36 bits per heavy atom. The first kappa shape index (κ1) is 16.7. The topological polar surface area (TPSA) is 78.4 Å². The summed E-state index contributed by atoms with van der Waals surface area (Å²) in [7, 11) is 0. The maximum atomic E-state index is 12.0. The fourth-order valence-electron chi connectivity index (χ4n) is 2.69. The lowest BCUT2D eigenvalue weighted by molar-refractivity contribution is -0.142. The molecule has 3 N–H and O–H groups in total. The largest absolute Gasteiger partial charge is 0.481 e. The van der Waals surface area contributed by atoms with Crippen molar-refractivity contribution in [2.75, 3.05) is 11.6 Å². The molecule has 0 saturated heterocycles. The van der Waals surface area contributed by atoms with Crippen molar-refractivity contribution < 1.29 is 14.7 Å². The van der Waals surface area contributed by atoms with E-state index in [-0.39, 0.29) is 18.0 Å². The van der Waals surface area contributed by atoms with E-state index in [0.717, 1.165) is 24.3 Å². The van der Waals surface area contributed by atoms with E-state index in [1.165, 1.54) is 5.56 Å². The number of carbonyl (C=O) groups is 2. The molecule has 22 heavy (non-hydrogen) atoms. The van der Waals surface area contributed by atoms with Crippen LogP contribution < -0.4 is 10.6 Å². The van der Waals surface area contributed by atoms with E-state index in [1.807, 2.05) is 24.3 Å². The van der Waals surface area contributed by atoms with E-state index in [2.05, 4.69) is 16.9 Å². The minimum Gasteiger partial charge on any atom is -0.481 e. The summed E-state index contributed by atoms with van der Waals surface area (Å²) in [6, 6.07) is 7.63. The highest BCUT2D eigenvalue weighted by atomic mass is 32.2. The Morgan fingerprint density at radius 1 is 1.18 bits per heavy atom. The lowest BCUT2D eigenvalue weighted by atomic mass is 9.86. The van der Waals surface area contributed by atoms with Crippen molar-refractivity contribution in [3.63, 3.8) is 0 Å². The quantitative estimate of drug-likeness (QED) is 0.777. The summed E-state index contributed by atoms with van der Waals surface area (Å²) >= 11 is 1.76. The summed E-state index contributed by atoms with van der Waals surface area (Å²) in [5, 5.41) is 14.7. The summed E-state index contributed by atoms with van der Waals surface area (Å²) in [4.78, 5) is 22.9. The highest BCUT2D eigenvalue weighted by Crippen LogP contribution is 2.24. The second kappa shape index (κ2) is 8.08. The Morgan fingerprint density at radius 2 is 1.82 bits per heavy atom. The number of aliphatic carboxylic acids is 1. The molecule has 0 aromatic heterocycles. The minimum atomic E-state index is -0.728. The molecule has 5 nitrogen and oxygen atoms in total. The van der Waals surface area contributed by atoms with Crippen molar-refractivity contribution in [2.24, 2.45) is 5.92 Å². The molecule has 1 aliphatic rings. The Balaban J connectivity index is 1.77. The predicted octanol–water partition coefficient (Wildman–Crippen LogP) is 3.31. The highest BCUT2D eigenvalue weighted by molar-refractivity contribution is 7.97. The molecular weight excluding hydrogens is 300 g/mol. The summed E-state index contributed by atoms with van der Waals surface area (Å²) in [5.41, 5.74) is 1.99. The second-order valence-electron chi connectivity index (χ2n) is 5.62. The van der Waals surface area contributed by atoms with Crippen LogP contribution in [0.4, 0.5) is 10.5 Å². The predicted molar refractivity (Wildman–Crippen MR) is 89.2 cm³/mol. The van der Waals surface area contributed by atoms with Crippen LogP contribution in [0.25, 0.3) is 0 Å². The lowest BCUT2D eigenvalue weighted by Crippen LogP contribution is -2.40. The van der Waals surface area contributed by atoms with Gasteiger partial charge in [-0.2, -0.15) is 11.8 Å². The summed E-state index contributed by atoms with van der Waals surface area (Å²) < 4.78 is 0. The normalized spacial score (nSPS) is 21.1. The molecule has 1 fully saturated rings. The van der Waals surface area contributed by atoms with Crippen molar-refractivity contribution in [1.82, 2.24) is 5.32 Å². The van der Waals surface area contributed by atoms with Gasteiger partial charge in [-0.3, -0.25) is 4.79 Å². The zero-order valence-electron chi connectivity index (χ0n) is 12.7. The molecule has 6 heteroatoms. The third-order valence-corrected chi connectivity index (χ3v) is 4.56. The molecule has 1 saturated carbocycles. The molecule has 2 rings (SSSR count). The molecule has 120 valence electrons. The molecule has 0 bridgehead atoms.